The number of ether oxygens (including phenoxy) is 2. The minimum absolute atomic E-state index is 0.00612. The van der Waals surface area contributed by atoms with Crippen molar-refractivity contribution >= 4 is 23.4 Å². The molecule has 1 heterocycles. The second-order valence-electron chi connectivity index (χ2n) is 9.91. The van der Waals surface area contributed by atoms with Gasteiger partial charge in [0.2, 0.25) is 5.91 Å². The topological polar surface area (TPSA) is 91.4 Å². The molecule has 3 amide bonds. The van der Waals surface area contributed by atoms with Gasteiger partial charge < -0.3 is 29.5 Å². The standard InChI is InChI=1S/C28H38N4O5/c1-19-15-32(26(33)17-30(3)4)20(2)18-37-24-14-22(29-27(34)21-10-8-7-9-11-21)12-13-23(24)28(35)31(5)16-25(19)36-6/h7-14,19-20,25H,15-18H2,1-6H3,(H,29,34)/t19-,20-,25-/m0/s1. The van der Waals surface area contributed by atoms with E-state index in [4.69, 9.17) is 9.47 Å². The molecule has 0 spiro atoms. The Hall–Kier alpha value is -3.43. The molecule has 1 N–H and O–H groups in total. The number of hydrogen-bond acceptors (Lipinski definition) is 6. The summed E-state index contributed by atoms with van der Waals surface area (Å²) in [6, 6.07) is 13.6. The number of likely N-dealkylation sites (N-methyl/N-ethyl adjacent to an activating group) is 2. The third-order valence-electron chi connectivity index (χ3n) is 6.51. The van der Waals surface area contributed by atoms with Crippen molar-refractivity contribution in [2.75, 3.05) is 59.8 Å². The van der Waals surface area contributed by atoms with E-state index >= 15 is 0 Å². The predicted octanol–water partition coefficient (Wildman–Crippen LogP) is 2.83. The highest BCUT2D eigenvalue weighted by molar-refractivity contribution is 6.05. The third-order valence-corrected chi connectivity index (χ3v) is 6.51. The summed E-state index contributed by atoms with van der Waals surface area (Å²) in [5.41, 5.74) is 1.41. The number of benzene rings is 2. The summed E-state index contributed by atoms with van der Waals surface area (Å²) in [5, 5.41) is 2.87. The zero-order chi connectivity index (χ0) is 27.1. The molecule has 0 aromatic heterocycles. The monoisotopic (exact) mass is 510 g/mol. The zero-order valence-electron chi connectivity index (χ0n) is 22.6. The highest BCUT2D eigenvalue weighted by Crippen LogP contribution is 2.27. The van der Waals surface area contributed by atoms with Crippen molar-refractivity contribution < 1.29 is 23.9 Å². The molecule has 0 bridgehead atoms. The molecule has 0 saturated carbocycles. The summed E-state index contributed by atoms with van der Waals surface area (Å²) in [6.45, 7) is 5.24. The minimum atomic E-state index is -0.261. The minimum Gasteiger partial charge on any atom is -0.491 e. The van der Waals surface area contributed by atoms with Crippen molar-refractivity contribution in [2.24, 2.45) is 5.92 Å². The molecule has 37 heavy (non-hydrogen) atoms. The quantitative estimate of drug-likeness (QED) is 0.665. The van der Waals surface area contributed by atoms with Gasteiger partial charge in [-0.2, -0.15) is 0 Å². The van der Waals surface area contributed by atoms with E-state index in [2.05, 4.69) is 5.32 Å². The molecule has 1 aliphatic rings. The fourth-order valence-corrected chi connectivity index (χ4v) is 4.35. The Morgan fingerprint density at radius 2 is 1.81 bits per heavy atom. The van der Waals surface area contributed by atoms with Gasteiger partial charge in [0.15, 0.2) is 0 Å². The van der Waals surface area contributed by atoms with Crippen LogP contribution in [-0.4, -0.2) is 99.1 Å². The van der Waals surface area contributed by atoms with Crippen LogP contribution in [-0.2, 0) is 9.53 Å². The molecular formula is C28H38N4O5. The summed E-state index contributed by atoms with van der Waals surface area (Å²) in [6.07, 6.45) is -0.260. The molecule has 2 aromatic rings. The van der Waals surface area contributed by atoms with Crippen LogP contribution in [0.3, 0.4) is 0 Å². The number of fused-ring (bicyclic) bond motifs is 1. The van der Waals surface area contributed by atoms with Crippen LogP contribution in [0, 0.1) is 5.92 Å². The Morgan fingerprint density at radius 1 is 1.11 bits per heavy atom. The Bertz CT molecular complexity index is 1090. The fraction of sp³-hybridized carbons (Fsp3) is 0.464. The maximum Gasteiger partial charge on any atom is 0.257 e. The number of nitrogens with one attached hydrogen (secondary N) is 1. The number of amides is 3. The highest BCUT2D eigenvalue weighted by Gasteiger charge is 2.30. The first kappa shape index (κ1) is 28.1. The summed E-state index contributed by atoms with van der Waals surface area (Å²) < 4.78 is 11.9. The van der Waals surface area contributed by atoms with Crippen LogP contribution in [0.25, 0.3) is 0 Å². The second kappa shape index (κ2) is 12.7. The molecule has 0 unspecified atom stereocenters. The largest absolute Gasteiger partial charge is 0.491 e. The normalized spacial score (nSPS) is 20.9. The maximum atomic E-state index is 13.4. The molecule has 0 radical (unpaired) electrons. The van der Waals surface area contributed by atoms with Crippen LogP contribution >= 0.6 is 0 Å². The van der Waals surface area contributed by atoms with Gasteiger partial charge in [0, 0.05) is 50.5 Å². The van der Waals surface area contributed by atoms with Crippen molar-refractivity contribution in [3.05, 3.63) is 59.7 Å². The van der Waals surface area contributed by atoms with Crippen molar-refractivity contribution in [2.45, 2.75) is 26.0 Å². The van der Waals surface area contributed by atoms with Crippen LogP contribution in [0.15, 0.2) is 48.5 Å². The molecule has 0 saturated heterocycles. The van der Waals surface area contributed by atoms with E-state index in [0.717, 1.165) is 0 Å². The van der Waals surface area contributed by atoms with E-state index < -0.39 is 0 Å². The lowest BCUT2D eigenvalue weighted by Crippen LogP contribution is -2.50. The first-order valence-electron chi connectivity index (χ1n) is 12.5. The van der Waals surface area contributed by atoms with Gasteiger partial charge in [0.05, 0.1) is 24.3 Å². The van der Waals surface area contributed by atoms with Crippen LogP contribution in [0.1, 0.15) is 34.6 Å². The van der Waals surface area contributed by atoms with Crippen LogP contribution in [0.2, 0.25) is 0 Å². The second-order valence-corrected chi connectivity index (χ2v) is 9.91. The van der Waals surface area contributed by atoms with Gasteiger partial charge in [-0.25, -0.2) is 0 Å². The summed E-state index contributed by atoms with van der Waals surface area (Å²) in [7, 11) is 7.07. The van der Waals surface area contributed by atoms with Crippen molar-refractivity contribution in [3.8, 4) is 5.75 Å². The van der Waals surface area contributed by atoms with Crippen LogP contribution < -0.4 is 10.1 Å². The lowest BCUT2D eigenvalue weighted by atomic mass is 10.0. The number of hydrogen-bond donors (Lipinski definition) is 1. The van der Waals surface area contributed by atoms with Crippen LogP contribution in [0.5, 0.6) is 5.75 Å². The van der Waals surface area contributed by atoms with Crippen molar-refractivity contribution in [1.29, 1.82) is 0 Å². The van der Waals surface area contributed by atoms with Crippen molar-refractivity contribution in [1.82, 2.24) is 14.7 Å². The molecule has 1 aliphatic heterocycles. The number of carbonyl (C=O) groups excluding carboxylic acids is 3. The lowest BCUT2D eigenvalue weighted by molar-refractivity contribution is -0.136. The van der Waals surface area contributed by atoms with Gasteiger partial charge in [-0.3, -0.25) is 14.4 Å². The number of carbonyl (C=O) groups is 3. The van der Waals surface area contributed by atoms with E-state index in [1.807, 2.05) is 43.8 Å². The molecule has 3 rings (SSSR count). The van der Waals surface area contributed by atoms with E-state index in [0.29, 0.717) is 35.7 Å². The van der Waals surface area contributed by atoms with Gasteiger partial charge >= 0.3 is 0 Å². The first-order chi connectivity index (χ1) is 17.6. The van der Waals surface area contributed by atoms with E-state index in [-0.39, 0.29) is 48.9 Å². The Kier molecular flexibility index (Phi) is 9.66. The van der Waals surface area contributed by atoms with E-state index in [1.54, 1.807) is 61.5 Å². The van der Waals surface area contributed by atoms with Gasteiger partial charge in [-0.1, -0.05) is 25.1 Å². The summed E-state index contributed by atoms with van der Waals surface area (Å²) >= 11 is 0. The SMILES string of the molecule is CO[C@H]1CN(C)C(=O)c2ccc(NC(=O)c3ccccc3)cc2OC[C@H](C)N(C(=O)CN(C)C)C[C@@H]1C. The van der Waals surface area contributed by atoms with Gasteiger partial charge in [0.1, 0.15) is 12.4 Å². The predicted molar refractivity (Wildman–Crippen MR) is 143 cm³/mol. The number of methoxy groups -OCH3 is 1. The Balaban J connectivity index is 1.94. The van der Waals surface area contributed by atoms with Gasteiger partial charge in [0.25, 0.3) is 11.8 Å². The smallest absolute Gasteiger partial charge is 0.257 e. The van der Waals surface area contributed by atoms with Gasteiger partial charge in [-0.15, -0.1) is 0 Å². The molecule has 3 atom stereocenters. The number of nitrogens with zero attached hydrogens (tertiary/aromatic N) is 3. The molecule has 200 valence electrons. The molecule has 0 aliphatic carbocycles. The number of rotatable bonds is 5. The molecule has 9 nitrogen and oxygen atoms in total. The van der Waals surface area contributed by atoms with E-state index in [9.17, 15) is 14.4 Å². The molecule has 9 heteroatoms. The average molecular weight is 511 g/mol. The average Bonchev–Trinajstić information content (AvgIpc) is 2.87. The Labute approximate surface area is 219 Å². The van der Waals surface area contributed by atoms with Crippen molar-refractivity contribution in [3.63, 3.8) is 0 Å². The lowest BCUT2D eigenvalue weighted by Gasteiger charge is -2.36. The fourth-order valence-electron chi connectivity index (χ4n) is 4.35. The maximum absolute atomic E-state index is 13.4. The molecule has 0 fully saturated rings. The zero-order valence-corrected chi connectivity index (χ0v) is 22.6. The third kappa shape index (κ3) is 7.30. The highest BCUT2D eigenvalue weighted by atomic mass is 16.5. The number of anilines is 1. The Morgan fingerprint density at radius 3 is 2.46 bits per heavy atom. The molecular weight excluding hydrogens is 472 g/mol. The van der Waals surface area contributed by atoms with Crippen LogP contribution in [0.4, 0.5) is 5.69 Å². The van der Waals surface area contributed by atoms with Gasteiger partial charge in [-0.05, 0) is 45.3 Å². The first-order valence-corrected chi connectivity index (χ1v) is 12.5. The molecule has 2 aromatic carbocycles. The van der Waals surface area contributed by atoms with E-state index in [1.165, 1.54) is 0 Å². The summed E-state index contributed by atoms with van der Waals surface area (Å²) in [5.74, 6) is -0.143. The summed E-state index contributed by atoms with van der Waals surface area (Å²) in [4.78, 5) is 44.4.